The summed E-state index contributed by atoms with van der Waals surface area (Å²) in [7, 11) is 0. The van der Waals surface area contributed by atoms with E-state index in [-0.39, 0.29) is 0 Å². The average Bonchev–Trinajstić information content (AvgIpc) is 2.34. The van der Waals surface area contributed by atoms with E-state index >= 15 is 0 Å². The fraction of sp³-hybridized carbons (Fsp3) is 0.750. The van der Waals surface area contributed by atoms with Crippen LogP contribution in [0.2, 0.25) is 0 Å². The molecule has 0 aromatic heterocycles. The summed E-state index contributed by atoms with van der Waals surface area (Å²) in [4.78, 5) is 13.1. The van der Waals surface area contributed by atoms with Crippen molar-refractivity contribution in [3.8, 4) is 0 Å². The molecule has 0 saturated carbocycles. The van der Waals surface area contributed by atoms with Crippen molar-refractivity contribution >= 4 is 5.97 Å². The molecule has 0 bridgehead atoms. The van der Waals surface area contributed by atoms with Crippen LogP contribution < -0.4 is 5.32 Å². The molecule has 0 amide bonds. The maximum Gasteiger partial charge on any atom is 0.331 e. The number of hydrogen-bond donors (Lipinski definition) is 2. The summed E-state index contributed by atoms with van der Waals surface area (Å²) in [6.45, 7) is 7.98. The molecular weight excluding hydrogens is 220 g/mol. The molecule has 0 aromatic rings. The molecule has 1 fully saturated rings. The summed E-state index contributed by atoms with van der Waals surface area (Å²) >= 11 is 0. The Morgan fingerprint density at radius 3 is 2.76 bits per heavy atom. The van der Waals surface area contributed by atoms with Gasteiger partial charge >= 0.3 is 5.97 Å². The molecule has 98 valence electrons. The van der Waals surface area contributed by atoms with Gasteiger partial charge in [-0.2, -0.15) is 0 Å². The molecule has 0 atom stereocenters. The van der Waals surface area contributed by atoms with E-state index in [1.165, 1.54) is 0 Å². The number of rotatable bonds is 7. The highest BCUT2D eigenvalue weighted by molar-refractivity contribution is 5.86. The summed E-state index contributed by atoms with van der Waals surface area (Å²) in [5, 5.41) is 12.0. The Morgan fingerprint density at radius 1 is 1.47 bits per heavy atom. The Labute approximate surface area is 102 Å². The van der Waals surface area contributed by atoms with Crippen molar-refractivity contribution in [2.75, 3.05) is 45.9 Å². The van der Waals surface area contributed by atoms with Gasteiger partial charge in [-0.3, -0.25) is 4.90 Å². The van der Waals surface area contributed by atoms with E-state index in [0.717, 1.165) is 39.4 Å². The summed E-state index contributed by atoms with van der Waals surface area (Å²) in [6, 6.07) is 0. The van der Waals surface area contributed by atoms with Gasteiger partial charge in [-0.25, -0.2) is 4.79 Å². The zero-order valence-electron chi connectivity index (χ0n) is 10.4. The standard InChI is InChI=1S/C12H22N2O3/c1-2-11(12(15)16)3-4-13-5-6-14-7-9-17-10-8-14/h3,13H,2,4-10H2,1H3,(H,15,16). The SMILES string of the molecule is CCC(=CCNCCN1CCOCC1)C(=O)O. The van der Waals surface area contributed by atoms with Gasteiger partial charge in [0.15, 0.2) is 0 Å². The number of carboxylic acid groups (broad SMARTS) is 1. The quantitative estimate of drug-likeness (QED) is 0.497. The van der Waals surface area contributed by atoms with Crippen LogP contribution in [0.15, 0.2) is 11.6 Å². The molecule has 0 radical (unpaired) electrons. The van der Waals surface area contributed by atoms with Crippen molar-refractivity contribution in [2.24, 2.45) is 0 Å². The third-order valence-corrected chi connectivity index (χ3v) is 2.86. The Hall–Kier alpha value is -0.910. The monoisotopic (exact) mass is 242 g/mol. The Balaban J connectivity index is 2.08. The molecule has 2 N–H and O–H groups in total. The zero-order chi connectivity index (χ0) is 12.5. The molecule has 1 heterocycles. The third-order valence-electron chi connectivity index (χ3n) is 2.86. The second-order valence-corrected chi connectivity index (χ2v) is 4.05. The van der Waals surface area contributed by atoms with E-state index in [9.17, 15) is 4.79 Å². The van der Waals surface area contributed by atoms with Crippen LogP contribution >= 0.6 is 0 Å². The number of carbonyl (C=O) groups is 1. The normalized spacial score (nSPS) is 18.3. The summed E-state index contributed by atoms with van der Waals surface area (Å²) < 4.78 is 5.26. The van der Waals surface area contributed by atoms with Gasteiger partial charge in [-0.15, -0.1) is 0 Å². The van der Waals surface area contributed by atoms with E-state index in [2.05, 4.69) is 10.2 Å². The first kappa shape index (κ1) is 14.2. The van der Waals surface area contributed by atoms with Crippen molar-refractivity contribution in [3.05, 3.63) is 11.6 Å². The van der Waals surface area contributed by atoms with Crippen LogP contribution in [0.1, 0.15) is 13.3 Å². The molecule has 5 nitrogen and oxygen atoms in total. The van der Waals surface area contributed by atoms with Gasteiger partial charge in [0, 0.05) is 38.3 Å². The zero-order valence-corrected chi connectivity index (χ0v) is 10.4. The molecule has 0 aliphatic carbocycles. The number of carboxylic acids is 1. The van der Waals surface area contributed by atoms with Crippen LogP contribution in [0.5, 0.6) is 0 Å². The lowest BCUT2D eigenvalue weighted by atomic mass is 10.2. The first-order valence-electron chi connectivity index (χ1n) is 6.17. The fourth-order valence-corrected chi connectivity index (χ4v) is 1.74. The van der Waals surface area contributed by atoms with Crippen molar-refractivity contribution in [1.29, 1.82) is 0 Å². The van der Waals surface area contributed by atoms with Crippen LogP contribution in [-0.2, 0) is 9.53 Å². The highest BCUT2D eigenvalue weighted by Gasteiger charge is 2.08. The first-order chi connectivity index (χ1) is 8.24. The second-order valence-electron chi connectivity index (χ2n) is 4.05. The number of ether oxygens (including phenoxy) is 1. The van der Waals surface area contributed by atoms with Crippen LogP contribution in [0.25, 0.3) is 0 Å². The van der Waals surface area contributed by atoms with E-state index in [1.807, 2.05) is 6.92 Å². The van der Waals surface area contributed by atoms with E-state index < -0.39 is 5.97 Å². The van der Waals surface area contributed by atoms with Gasteiger partial charge in [-0.1, -0.05) is 13.0 Å². The van der Waals surface area contributed by atoms with Gasteiger partial charge in [0.25, 0.3) is 0 Å². The van der Waals surface area contributed by atoms with Crippen molar-refractivity contribution < 1.29 is 14.6 Å². The highest BCUT2D eigenvalue weighted by atomic mass is 16.5. The molecule has 5 heteroatoms. The van der Waals surface area contributed by atoms with Gasteiger partial charge in [-0.05, 0) is 6.42 Å². The highest BCUT2D eigenvalue weighted by Crippen LogP contribution is 1.99. The van der Waals surface area contributed by atoms with Crippen LogP contribution in [0, 0.1) is 0 Å². The van der Waals surface area contributed by atoms with Crippen LogP contribution in [0.4, 0.5) is 0 Å². The van der Waals surface area contributed by atoms with Crippen LogP contribution in [0.3, 0.4) is 0 Å². The van der Waals surface area contributed by atoms with E-state index in [1.54, 1.807) is 6.08 Å². The second kappa shape index (κ2) is 8.22. The largest absolute Gasteiger partial charge is 0.478 e. The van der Waals surface area contributed by atoms with Gasteiger partial charge < -0.3 is 15.2 Å². The van der Waals surface area contributed by atoms with Gasteiger partial charge in [0.05, 0.1) is 13.2 Å². The minimum Gasteiger partial charge on any atom is -0.478 e. The summed E-state index contributed by atoms with van der Waals surface area (Å²) in [5.41, 5.74) is 0.476. The number of nitrogens with zero attached hydrogens (tertiary/aromatic N) is 1. The summed E-state index contributed by atoms with van der Waals surface area (Å²) in [5.74, 6) is -0.817. The van der Waals surface area contributed by atoms with Crippen molar-refractivity contribution in [2.45, 2.75) is 13.3 Å². The molecule has 1 saturated heterocycles. The van der Waals surface area contributed by atoms with Gasteiger partial charge in [0.1, 0.15) is 0 Å². The molecule has 0 aromatic carbocycles. The molecule has 17 heavy (non-hydrogen) atoms. The molecule has 1 rings (SSSR count). The van der Waals surface area contributed by atoms with Crippen molar-refractivity contribution in [3.63, 3.8) is 0 Å². The maximum atomic E-state index is 10.7. The molecule has 1 aliphatic rings. The minimum absolute atomic E-state index is 0.476. The topological polar surface area (TPSA) is 61.8 Å². The predicted molar refractivity (Wildman–Crippen MR) is 66.1 cm³/mol. The Morgan fingerprint density at radius 2 is 2.18 bits per heavy atom. The first-order valence-corrected chi connectivity index (χ1v) is 6.17. The lowest BCUT2D eigenvalue weighted by Crippen LogP contribution is -2.40. The smallest absolute Gasteiger partial charge is 0.331 e. The summed E-state index contributed by atoms with van der Waals surface area (Å²) in [6.07, 6.45) is 2.32. The third kappa shape index (κ3) is 5.81. The predicted octanol–water partition coefficient (Wildman–Crippen LogP) is 0.329. The Bertz CT molecular complexity index is 260. The molecule has 0 unspecified atom stereocenters. The number of nitrogens with one attached hydrogen (secondary N) is 1. The Kier molecular flexibility index (Phi) is 6.84. The molecular formula is C12H22N2O3. The van der Waals surface area contributed by atoms with Crippen LogP contribution in [-0.4, -0.2) is 61.9 Å². The fourth-order valence-electron chi connectivity index (χ4n) is 1.74. The lowest BCUT2D eigenvalue weighted by molar-refractivity contribution is -0.132. The maximum absolute atomic E-state index is 10.7. The van der Waals surface area contributed by atoms with Crippen molar-refractivity contribution in [1.82, 2.24) is 10.2 Å². The average molecular weight is 242 g/mol. The minimum atomic E-state index is -0.817. The molecule has 0 spiro atoms. The van der Waals surface area contributed by atoms with E-state index in [0.29, 0.717) is 18.5 Å². The number of aliphatic carboxylic acids is 1. The van der Waals surface area contributed by atoms with E-state index in [4.69, 9.17) is 9.84 Å². The lowest BCUT2D eigenvalue weighted by Gasteiger charge is -2.26. The number of hydrogen-bond acceptors (Lipinski definition) is 4. The number of morpholine rings is 1. The van der Waals surface area contributed by atoms with Gasteiger partial charge in [0.2, 0.25) is 0 Å². The molecule has 1 aliphatic heterocycles.